The van der Waals surface area contributed by atoms with Crippen LogP contribution in [0.25, 0.3) is 10.8 Å². The number of pyridine rings is 1. The largest absolute Gasteiger partial charge is 0.497 e. The Balaban J connectivity index is 2.17. The molecule has 0 aliphatic rings. The number of ether oxygens (including phenoxy) is 1. The summed E-state index contributed by atoms with van der Waals surface area (Å²) in [6.45, 7) is 4.89. The van der Waals surface area contributed by atoms with Crippen LogP contribution in [0.3, 0.4) is 0 Å². The number of likely N-dealkylation sites (N-methyl/N-ethyl adjacent to an activating group) is 1. The molecular weight excluding hydrogens is 226 g/mol. The highest BCUT2D eigenvalue weighted by Crippen LogP contribution is 2.24. The summed E-state index contributed by atoms with van der Waals surface area (Å²) >= 11 is 0. The van der Waals surface area contributed by atoms with E-state index in [2.05, 4.69) is 22.5 Å². The summed E-state index contributed by atoms with van der Waals surface area (Å²) in [4.78, 5) is 4.38. The molecule has 0 aliphatic carbocycles. The van der Waals surface area contributed by atoms with Crippen molar-refractivity contribution in [1.29, 1.82) is 0 Å². The molecule has 0 radical (unpaired) electrons. The third-order valence-electron chi connectivity index (χ3n) is 2.82. The second-order valence-electron chi connectivity index (χ2n) is 4.03. The Morgan fingerprint density at radius 2 is 2.11 bits per heavy atom. The van der Waals surface area contributed by atoms with Gasteiger partial charge in [-0.05, 0) is 36.2 Å². The summed E-state index contributed by atoms with van der Waals surface area (Å²) in [7, 11) is 1.68. The van der Waals surface area contributed by atoms with Crippen LogP contribution >= 0.6 is 0 Å². The molecule has 1 aromatic carbocycles. The molecule has 0 aliphatic heterocycles. The van der Waals surface area contributed by atoms with Crippen molar-refractivity contribution in [2.45, 2.75) is 6.92 Å². The minimum absolute atomic E-state index is 0.867. The van der Waals surface area contributed by atoms with Crippen molar-refractivity contribution in [3.8, 4) is 5.75 Å². The molecule has 0 bridgehead atoms. The average Bonchev–Trinajstić information content (AvgIpc) is 2.43. The maximum absolute atomic E-state index is 5.22. The maximum atomic E-state index is 5.22. The molecule has 1 heterocycles. The van der Waals surface area contributed by atoms with E-state index in [0.717, 1.165) is 42.0 Å². The highest BCUT2D eigenvalue weighted by molar-refractivity contribution is 5.92. The van der Waals surface area contributed by atoms with Gasteiger partial charge in [-0.1, -0.05) is 6.92 Å². The van der Waals surface area contributed by atoms with Gasteiger partial charge in [0.05, 0.1) is 7.11 Å². The molecule has 0 fully saturated rings. The van der Waals surface area contributed by atoms with Gasteiger partial charge in [-0.15, -0.1) is 0 Å². The van der Waals surface area contributed by atoms with Gasteiger partial charge >= 0.3 is 0 Å². The zero-order chi connectivity index (χ0) is 12.8. The third-order valence-corrected chi connectivity index (χ3v) is 2.82. The van der Waals surface area contributed by atoms with Crippen LogP contribution < -0.4 is 15.4 Å². The molecule has 2 rings (SSSR count). The molecule has 4 heteroatoms. The summed E-state index contributed by atoms with van der Waals surface area (Å²) in [5.41, 5.74) is 0. The predicted octanol–water partition coefficient (Wildman–Crippen LogP) is 2.26. The number of aromatic nitrogens is 1. The smallest absolute Gasteiger partial charge is 0.133 e. The van der Waals surface area contributed by atoms with Crippen LogP contribution in [-0.2, 0) is 0 Å². The molecule has 1 aromatic heterocycles. The van der Waals surface area contributed by atoms with Gasteiger partial charge in [-0.25, -0.2) is 4.98 Å². The first kappa shape index (κ1) is 12.6. The van der Waals surface area contributed by atoms with E-state index in [1.807, 2.05) is 30.5 Å². The molecular formula is C14H19N3O. The Labute approximate surface area is 107 Å². The normalized spacial score (nSPS) is 10.6. The fourth-order valence-electron chi connectivity index (χ4n) is 1.87. The van der Waals surface area contributed by atoms with Crippen LogP contribution in [-0.4, -0.2) is 31.7 Å². The van der Waals surface area contributed by atoms with Crippen LogP contribution in [0.4, 0.5) is 5.82 Å². The predicted molar refractivity (Wildman–Crippen MR) is 75.3 cm³/mol. The lowest BCUT2D eigenvalue weighted by Crippen LogP contribution is -2.21. The number of hydrogen-bond donors (Lipinski definition) is 2. The molecule has 4 nitrogen and oxygen atoms in total. The maximum Gasteiger partial charge on any atom is 0.133 e. The molecule has 2 N–H and O–H groups in total. The van der Waals surface area contributed by atoms with Gasteiger partial charge in [0.2, 0.25) is 0 Å². The summed E-state index contributed by atoms with van der Waals surface area (Å²) in [6.07, 6.45) is 1.82. The quantitative estimate of drug-likeness (QED) is 0.766. The van der Waals surface area contributed by atoms with E-state index in [4.69, 9.17) is 4.74 Å². The molecule has 2 aromatic rings. The lowest BCUT2D eigenvalue weighted by molar-refractivity contribution is 0.415. The number of fused-ring (bicyclic) bond motifs is 1. The monoisotopic (exact) mass is 245 g/mol. The van der Waals surface area contributed by atoms with Crippen molar-refractivity contribution >= 4 is 16.6 Å². The molecule has 0 unspecified atom stereocenters. The van der Waals surface area contributed by atoms with Gasteiger partial charge in [0.25, 0.3) is 0 Å². The van der Waals surface area contributed by atoms with Crippen molar-refractivity contribution in [1.82, 2.24) is 10.3 Å². The number of anilines is 1. The van der Waals surface area contributed by atoms with Gasteiger partial charge in [-0.3, -0.25) is 0 Å². The first-order valence-electron chi connectivity index (χ1n) is 6.22. The Morgan fingerprint density at radius 1 is 1.22 bits per heavy atom. The second-order valence-corrected chi connectivity index (χ2v) is 4.03. The van der Waals surface area contributed by atoms with Crippen molar-refractivity contribution in [2.24, 2.45) is 0 Å². The molecule has 96 valence electrons. The van der Waals surface area contributed by atoms with Gasteiger partial charge < -0.3 is 15.4 Å². The van der Waals surface area contributed by atoms with E-state index < -0.39 is 0 Å². The SMILES string of the molecule is CCNCCNc1nccc2cc(OC)ccc12. The lowest BCUT2D eigenvalue weighted by Gasteiger charge is -2.09. The Morgan fingerprint density at radius 3 is 2.89 bits per heavy atom. The Hall–Kier alpha value is -1.81. The minimum atomic E-state index is 0.867. The highest BCUT2D eigenvalue weighted by atomic mass is 16.5. The number of nitrogens with zero attached hydrogens (tertiary/aromatic N) is 1. The molecule has 0 saturated heterocycles. The average molecular weight is 245 g/mol. The first-order chi connectivity index (χ1) is 8.85. The summed E-state index contributed by atoms with van der Waals surface area (Å²) in [6, 6.07) is 8.01. The zero-order valence-corrected chi connectivity index (χ0v) is 10.9. The summed E-state index contributed by atoms with van der Waals surface area (Å²) in [5, 5.41) is 8.87. The molecule has 0 amide bonds. The van der Waals surface area contributed by atoms with Crippen molar-refractivity contribution in [3.63, 3.8) is 0 Å². The second kappa shape index (κ2) is 6.21. The van der Waals surface area contributed by atoms with Gasteiger partial charge in [0.15, 0.2) is 0 Å². The van der Waals surface area contributed by atoms with Gasteiger partial charge in [0.1, 0.15) is 11.6 Å². The van der Waals surface area contributed by atoms with Crippen molar-refractivity contribution in [2.75, 3.05) is 32.1 Å². The summed E-state index contributed by atoms with van der Waals surface area (Å²) < 4.78 is 5.22. The number of rotatable bonds is 6. The number of nitrogens with one attached hydrogen (secondary N) is 2. The lowest BCUT2D eigenvalue weighted by atomic mass is 10.1. The van der Waals surface area contributed by atoms with E-state index >= 15 is 0 Å². The zero-order valence-electron chi connectivity index (χ0n) is 10.9. The van der Waals surface area contributed by atoms with E-state index in [0.29, 0.717) is 0 Å². The number of benzene rings is 1. The molecule has 0 saturated carbocycles. The van der Waals surface area contributed by atoms with Gasteiger partial charge in [0, 0.05) is 24.7 Å². The van der Waals surface area contributed by atoms with Crippen LogP contribution in [0.15, 0.2) is 30.5 Å². The van der Waals surface area contributed by atoms with Crippen molar-refractivity contribution in [3.05, 3.63) is 30.5 Å². The van der Waals surface area contributed by atoms with E-state index in [1.54, 1.807) is 7.11 Å². The van der Waals surface area contributed by atoms with Crippen molar-refractivity contribution < 1.29 is 4.74 Å². The standard InChI is InChI=1S/C14H19N3O/c1-3-15-8-9-17-14-13-5-4-12(18-2)10-11(13)6-7-16-14/h4-7,10,15H,3,8-9H2,1-2H3,(H,16,17). The Bertz CT molecular complexity index is 513. The fourth-order valence-corrected chi connectivity index (χ4v) is 1.87. The third kappa shape index (κ3) is 2.90. The van der Waals surface area contributed by atoms with Crippen LogP contribution in [0, 0.1) is 0 Å². The Kier molecular flexibility index (Phi) is 4.36. The molecule has 0 atom stereocenters. The fraction of sp³-hybridized carbons (Fsp3) is 0.357. The van der Waals surface area contributed by atoms with Crippen LogP contribution in [0.2, 0.25) is 0 Å². The molecule has 18 heavy (non-hydrogen) atoms. The van der Waals surface area contributed by atoms with Gasteiger partial charge in [-0.2, -0.15) is 0 Å². The number of hydrogen-bond acceptors (Lipinski definition) is 4. The molecule has 0 spiro atoms. The van der Waals surface area contributed by atoms with Crippen LogP contribution in [0.5, 0.6) is 5.75 Å². The first-order valence-corrected chi connectivity index (χ1v) is 6.22. The highest BCUT2D eigenvalue weighted by Gasteiger charge is 2.02. The summed E-state index contributed by atoms with van der Waals surface area (Å²) in [5.74, 6) is 1.79. The van der Waals surface area contributed by atoms with E-state index in [1.165, 1.54) is 0 Å². The topological polar surface area (TPSA) is 46.2 Å². The minimum Gasteiger partial charge on any atom is -0.497 e. The number of methoxy groups -OCH3 is 1. The van der Waals surface area contributed by atoms with E-state index in [9.17, 15) is 0 Å². The van der Waals surface area contributed by atoms with Crippen LogP contribution in [0.1, 0.15) is 6.92 Å². The van der Waals surface area contributed by atoms with E-state index in [-0.39, 0.29) is 0 Å².